The number of pyridine rings is 1. The van der Waals surface area contributed by atoms with Crippen molar-refractivity contribution in [2.45, 2.75) is 53.7 Å². The van der Waals surface area contributed by atoms with Gasteiger partial charge in [0.1, 0.15) is 5.60 Å². The molecule has 0 aliphatic carbocycles. The first-order valence-electron chi connectivity index (χ1n) is 7.98. The molecule has 2 aromatic rings. The lowest BCUT2D eigenvalue weighted by Gasteiger charge is -2.25. The maximum absolute atomic E-state index is 12.9. The molecule has 24 heavy (non-hydrogen) atoms. The van der Waals surface area contributed by atoms with Crippen molar-refractivity contribution in [2.75, 3.05) is 0 Å². The molecule has 0 amide bonds. The summed E-state index contributed by atoms with van der Waals surface area (Å²) < 4.78 is 6.73. The number of nitrogens with zero attached hydrogens (tertiary/aromatic N) is 1. The van der Waals surface area contributed by atoms with Gasteiger partial charge in [-0.2, -0.15) is 0 Å². The summed E-state index contributed by atoms with van der Waals surface area (Å²) in [7, 11) is 0. The van der Waals surface area contributed by atoms with Gasteiger partial charge in [-0.3, -0.25) is 9.36 Å². The largest absolute Gasteiger partial charge is 0.505 e. The summed E-state index contributed by atoms with van der Waals surface area (Å²) in [5.41, 5.74) is -1.38. The summed E-state index contributed by atoms with van der Waals surface area (Å²) in [6.07, 6.45) is 0. The molecule has 0 aliphatic rings. The lowest BCUT2D eigenvalue weighted by Crippen LogP contribution is -2.34. The number of aromatic nitrogens is 1. The topological polar surface area (TPSA) is 68.5 Å². The van der Waals surface area contributed by atoms with E-state index in [0.717, 1.165) is 0 Å². The van der Waals surface area contributed by atoms with E-state index in [0.29, 0.717) is 17.3 Å². The van der Waals surface area contributed by atoms with Gasteiger partial charge in [-0.25, -0.2) is 4.79 Å². The van der Waals surface area contributed by atoms with Crippen molar-refractivity contribution in [1.29, 1.82) is 0 Å². The summed E-state index contributed by atoms with van der Waals surface area (Å²) in [5.74, 6) is -0.921. The second-order valence-corrected chi connectivity index (χ2v) is 8.20. The highest BCUT2D eigenvalue weighted by Gasteiger charge is 2.28. The van der Waals surface area contributed by atoms with Gasteiger partial charge in [0.05, 0.1) is 5.39 Å². The van der Waals surface area contributed by atoms with Gasteiger partial charge >= 0.3 is 5.97 Å². The number of hydrogen-bond donors (Lipinski definition) is 1. The molecule has 5 heteroatoms. The van der Waals surface area contributed by atoms with E-state index in [4.69, 9.17) is 4.74 Å². The molecule has 2 rings (SSSR count). The smallest absolute Gasteiger partial charge is 0.359 e. The molecular formula is C19H25NO4. The SMILES string of the molecule is CC(C)(C)Cn1c(C(=O)OC(C)(C)C)c(O)c2ccccc2c1=O. The molecule has 1 aromatic carbocycles. The third-order valence-corrected chi connectivity index (χ3v) is 3.38. The maximum atomic E-state index is 12.9. The molecule has 1 heterocycles. The number of fused-ring (bicyclic) bond motifs is 1. The highest BCUT2D eigenvalue weighted by Crippen LogP contribution is 2.29. The van der Waals surface area contributed by atoms with Crippen molar-refractivity contribution >= 4 is 16.7 Å². The molecule has 0 unspecified atom stereocenters. The molecule has 0 radical (unpaired) electrons. The van der Waals surface area contributed by atoms with E-state index in [1.807, 2.05) is 20.8 Å². The van der Waals surface area contributed by atoms with Gasteiger partial charge in [-0.15, -0.1) is 0 Å². The molecule has 0 bridgehead atoms. The van der Waals surface area contributed by atoms with Gasteiger partial charge in [-0.05, 0) is 32.3 Å². The molecule has 1 aromatic heterocycles. The lowest BCUT2D eigenvalue weighted by molar-refractivity contribution is 0.00513. The van der Waals surface area contributed by atoms with Gasteiger partial charge in [0.25, 0.3) is 5.56 Å². The van der Waals surface area contributed by atoms with Crippen molar-refractivity contribution in [3.8, 4) is 5.75 Å². The Labute approximate surface area is 141 Å². The standard InChI is InChI=1S/C19H25NO4/c1-18(2,3)11-20-14(17(23)24-19(4,5)6)15(21)12-9-7-8-10-13(12)16(20)22/h7-10,21H,11H2,1-6H3. The molecule has 0 fully saturated rings. The van der Waals surface area contributed by atoms with Crippen molar-refractivity contribution < 1.29 is 14.6 Å². The number of benzene rings is 1. The van der Waals surface area contributed by atoms with Crippen LogP contribution in [0.2, 0.25) is 0 Å². The number of carbonyl (C=O) groups is 1. The fraction of sp³-hybridized carbons (Fsp3) is 0.474. The van der Waals surface area contributed by atoms with Crippen LogP contribution in [0, 0.1) is 5.41 Å². The Morgan fingerprint density at radius 3 is 2.12 bits per heavy atom. The van der Waals surface area contributed by atoms with E-state index in [1.165, 1.54) is 4.57 Å². The van der Waals surface area contributed by atoms with Crippen LogP contribution in [0.3, 0.4) is 0 Å². The van der Waals surface area contributed by atoms with Gasteiger partial charge < -0.3 is 9.84 Å². The third kappa shape index (κ3) is 3.78. The average Bonchev–Trinajstić information content (AvgIpc) is 2.41. The van der Waals surface area contributed by atoms with Crippen LogP contribution in [0.4, 0.5) is 0 Å². The first kappa shape index (κ1) is 18.0. The molecular weight excluding hydrogens is 306 g/mol. The van der Waals surface area contributed by atoms with Crippen LogP contribution in [0.5, 0.6) is 5.75 Å². The minimum Gasteiger partial charge on any atom is -0.505 e. The van der Waals surface area contributed by atoms with Crippen LogP contribution < -0.4 is 5.56 Å². The molecule has 0 aliphatic heterocycles. The second kappa shape index (κ2) is 5.96. The van der Waals surface area contributed by atoms with E-state index < -0.39 is 11.6 Å². The van der Waals surface area contributed by atoms with Crippen molar-refractivity contribution in [1.82, 2.24) is 4.57 Å². The van der Waals surface area contributed by atoms with Gasteiger partial charge in [-0.1, -0.05) is 39.0 Å². The zero-order valence-electron chi connectivity index (χ0n) is 15.1. The normalized spacial score (nSPS) is 12.4. The number of rotatable bonds is 2. The Kier molecular flexibility index (Phi) is 4.48. The van der Waals surface area contributed by atoms with Crippen molar-refractivity contribution in [2.24, 2.45) is 5.41 Å². The Bertz CT molecular complexity index is 835. The monoisotopic (exact) mass is 331 g/mol. The van der Waals surface area contributed by atoms with E-state index in [-0.39, 0.29) is 22.4 Å². The Balaban J connectivity index is 2.79. The predicted octanol–water partition coefficient (Wildman–Crippen LogP) is 3.71. The van der Waals surface area contributed by atoms with E-state index in [9.17, 15) is 14.7 Å². The van der Waals surface area contributed by atoms with Crippen molar-refractivity contribution in [3.63, 3.8) is 0 Å². The van der Waals surface area contributed by atoms with E-state index in [2.05, 4.69) is 0 Å². The van der Waals surface area contributed by atoms with Gasteiger partial charge in [0, 0.05) is 11.9 Å². The molecule has 0 atom stereocenters. The summed E-state index contributed by atoms with van der Waals surface area (Å²) in [5, 5.41) is 11.4. The first-order valence-corrected chi connectivity index (χ1v) is 7.98. The Morgan fingerprint density at radius 2 is 1.62 bits per heavy atom. The molecule has 0 saturated carbocycles. The van der Waals surface area contributed by atoms with Gasteiger partial charge in [0.15, 0.2) is 11.4 Å². The number of aromatic hydroxyl groups is 1. The molecule has 0 saturated heterocycles. The first-order chi connectivity index (χ1) is 10.9. The highest BCUT2D eigenvalue weighted by atomic mass is 16.6. The quantitative estimate of drug-likeness (QED) is 0.852. The molecule has 1 N–H and O–H groups in total. The number of hydrogen-bond acceptors (Lipinski definition) is 4. The molecule has 130 valence electrons. The summed E-state index contributed by atoms with van der Waals surface area (Å²) in [4.78, 5) is 25.5. The minimum absolute atomic E-state index is 0.0939. The fourth-order valence-electron chi connectivity index (χ4n) is 2.54. The van der Waals surface area contributed by atoms with Gasteiger partial charge in [0.2, 0.25) is 0 Å². The van der Waals surface area contributed by atoms with Crippen molar-refractivity contribution in [3.05, 3.63) is 40.3 Å². The summed E-state index contributed by atoms with van der Waals surface area (Å²) in [6, 6.07) is 6.73. The maximum Gasteiger partial charge on any atom is 0.359 e. The molecule has 5 nitrogen and oxygen atoms in total. The van der Waals surface area contributed by atoms with E-state index >= 15 is 0 Å². The van der Waals surface area contributed by atoms with Crippen LogP contribution in [0.25, 0.3) is 10.8 Å². The summed E-state index contributed by atoms with van der Waals surface area (Å²) in [6.45, 7) is 11.4. The minimum atomic E-state index is -0.724. The number of ether oxygens (including phenoxy) is 1. The van der Waals surface area contributed by atoms with E-state index in [1.54, 1.807) is 45.0 Å². The van der Waals surface area contributed by atoms with Crippen LogP contribution in [0.1, 0.15) is 52.0 Å². The fourth-order valence-corrected chi connectivity index (χ4v) is 2.54. The van der Waals surface area contributed by atoms with Crippen LogP contribution in [-0.4, -0.2) is 21.2 Å². The zero-order chi connectivity index (χ0) is 18.3. The van der Waals surface area contributed by atoms with Crippen LogP contribution >= 0.6 is 0 Å². The predicted molar refractivity (Wildman–Crippen MR) is 94.5 cm³/mol. The number of carbonyl (C=O) groups excluding carboxylic acids is 1. The average molecular weight is 331 g/mol. The third-order valence-electron chi connectivity index (χ3n) is 3.38. The number of esters is 1. The lowest BCUT2D eigenvalue weighted by atomic mass is 9.96. The van der Waals surface area contributed by atoms with Crippen LogP contribution in [0.15, 0.2) is 29.1 Å². The molecule has 0 spiro atoms. The summed E-state index contributed by atoms with van der Waals surface area (Å²) >= 11 is 0. The van der Waals surface area contributed by atoms with Crippen LogP contribution in [-0.2, 0) is 11.3 Å². The second-order valence-electron chi connectivity index (χ2n) is 8.20. The highest BCUT2D eigenvalue weighted by molar-refractivity contribution is 5.99. The Morgan fingerprint density at radius 1 is 1.08 bits per heavy atom. The zero-order valence-corrected chi connectivity index (χ0v) is 15.1. The Hall–Kier alpha value is -2.30.